The van der Waals surface area contributed by atoms with Gasteiger partial charge in [-0.15, -0.1) is 0 Å². The number of rotatable bonds is 1. The second-order valence-corrected chi connectivity index (χ2v) is 8.60. The fourth-order valence-corrected chi connectivity index (χ4v) is 6.13. The maximum Gasteiger partial charge on any atom is 0.339 e. The molecule has 7 heteroatoms. The van der Waals surface area contributed by atoms with Gasteiger partial charge < -0.3 is 24.1 Å². The molecule has 144 valence electrons. The molecule has 0 amide bonds. The van der Waals surface area contributed by atoms with Gasteiger partial charge in [0, 0.05) is 22.3 Å². The third-order valence-corrected chi connectivity index (χ3v) is 7.51. The van der Waals surface area contributed by atoms with Crippen molar-refractivity contribution < 1.29 is 33.7 Å². The fraction of sp³-hybridized carbons (Fsp3) is 0.600. The first-order valence-corrected chi connectivity index (χ1v) is 9.30. The van der Waals surface area contributed by atoms with E-state index in [-0.39, 0.29) is 19.0 Å². The summed E-state index contributed by atoms with van der Waals surface area (Å²) in [5.41, 5.74) is -2.61. The lowest BCUT2D eigenvalue weighted by atomic mass is 9.43. The summed E-state index contributed by atoms with van der Waals surface area (Å²) in [4.78, 5) is 25.2. The second kappa shape index (κ2) is 5.23. The molecule has 5 rings (SSSR count). The molecule has 1 aromatic rings. The maximum atomic E-state index is 12.9. The van der Waals surface area contributed by atoms with Gasteiger partial charge in [-0.3, -0.25) is 4.79 Å². The third-order valence-electron chi connectivity index (χ3n) is 7.51. The van der Waals surface area contributed by atoms with Crippen LogP contribution in [0.5, 0.6) is 0 Å². The number of fused-ring (bicyclic) bond motifs is 2. The Hall–Kier alpha value is -2.12. The third kappa shape index (κ3) is 1.93. The normalized spacial score (nSPS) is 48.3. The second-order valence-electron chi connectivity index (χ2n) is 8.60. The molecule has 27 heavy (non-hydrogen) atoms. The molecule has 3 heterocycles. The van der Waals surface area contributed by atoms with Crippen molar-refractivity contribution in [2.24, 2.45) is 22.7 Å². The van der Waals surface area contributed by atoms with Gasteiger partial charge >= 0.3 is 11.9 Å². The highest BCUT2D eigenvalue weighted by Gasteiger charge is 2.73. The standard InChI is InChI=1S/C20H22O7/c1-18-8-14(11-4-7-25-9-11)27-17(23)20(18,24)6-5-19-10-26-16(22)12(19)2-3-13(21)15(18)19/h2-4,7,9,12-15,21,24H,5-6,8,10H2,1H3/t12-,13+,14+,15+,18+,19+,20-/m0/s1. The van der Waals surface area contributed by atoms with Crippen LogP contribution < -0.4 is 0 Å². The molecule has 2 saturated heterocycles. The van der Waals surface area contributed by atoms with Crippen molar-refractivity contribution in [1.82, 2.24) is 0 Å². The first-order chi connectivity index (χ1) is 12.8. The lowest BCUT2D eigenvalue weighted by Gasteiger charge is -2.63. The molecule has 7 nitrogen and oxygen atoms in total. The van der Waals surface area contributed by atoms with Crippen molar-refractivity contribution >= 4 is 11.9 Å². The number of carbonyl (C=O) groups excluding carboxylic acids is 2. The van der Waals surface area contributed by atoms with E-state index in [2.05, 4.69) is 0 Å². The Balaban J connectivity index is 1.64. The minimum Gasteiger partial charge on any atom is -0.472 e. The van der Waals surface area contributed by atoms with Crippen LogP contribution in [0.15, 0.2) is 35.2 Å². The largest absolute Gasteiger partial charge is 0.472 e. The van der Waals surface area contributed by atoms with Crippen LogP contribution >= 0.6 is 0 Å². The lowest BCUT2D eigenvalue weighted by Crippen LogP contribution is -2.70. The van der Waals surface area contributed by atoms with Crippen LogP contribution in [0.1, 0.15) is 37.9 Å². The number of aliphatic hydroxyl groups excluding tert-OH is 1. The van der Waals surface area contributed by atoms with Gasteiger partial charge in [-0.05, 0) is 25.3 Å². The van der Waals surface area contributed by atoms with Gasteiger partial charge in [0.25, 0.3) is 0 Å². The summed E-state index contributed by atoms with van der Waals surface area (Å²) in [6, 6.07) is 1.73. The highest BCUT2D eigenvalue weighted by molar-refractivity contribution is 5.83. The van der Waals surface area contributed by atoms with Crippen LogP contribution in [0.4, 0.5) is 0 Å². The van der Waals surface area contributed by atoms with Crippen molar-refractivity contribution in [3.63, 3.8) is 0 Å². The molecule has 7 atom stereocenters. The van der Waals surface area contributed by atoms with Gasteiger partial charge in [0.2, 0.25) is 0 Å². The van der Waals surface area contributed by atoms with Crippen molar-refractivity contribution in [2.75, 3.05) is 6.61 Å². The first kappa shape index (κ1) is 17.0. The summed E-state index contributed by atoms with van der Waals surface area (Å²) in [5, 5.41) is 22.3. The fourth-order valence-electron chi connectivity index (χ4n) is 6.13. The highest BCUT2D eigenvalue weighted by atomic mass is 16.6. The summed E-state index contributed by atoms with van der Waals surface area (Å²) < 4.78 is 16.1. The molecule has 2 N–H and O–H groups in total. The number of ether oxygens (including phenoxy) is 2. The Morgan fingerprint density at radius 1 is 1.22 bits per heavy atom. The molecule has 2 aliphatic carbocycles. The molecule has 4 aliphatic rings. The van der Waals surface area contributed by atoms with Crippen molar-refractivity contribution in [3.8, 4) is 0 Å². The molecular weight excluding hydrogens is 352 g/mol. The van der Waals surface area contributed by atoms with Crippen molar-refractivity contribution in [2.45, 2.75) is 44.0 Å². The molecule has 1 aromatic heterocycles. The van der Waals surface area contributed by atoms with Gasteiger partial charge in [-0.1, -0.05) is 19.1 Å². The summed E-state index contributed by atoms with van der Waals surface area (Å²) >= 11 is 0. The quantitative estimate of drug-likeness (QED) is 0.567. The van der Waals surface area contributed by atoms with E-state index in [1.807, 2.05) is 6.92 Å². The predicted octanol–water partition coefficient (Wildman–Crippen LogP) is 1.51. The number of cyclic esters (lactones) is 2. The van der Waals surface area contributed by atoms with E-state index in [1.165, 1.54) is 12.5 Å². The molecular formula is C20H22O7. The Morgan fingerprint density at radius 2 is 2.04 bits per heavy atom. The predicted molar refractivity (Wildman–Crippen MR) is 90.0 cm³/mol. The van der Waals surface area contributed by atoms with Crippen LogP contribution in [0.2, 0.25) is 0 Å². The Kier molecular flexibility index (Phi) is 3.30. The van der Waals surface area contributed by atoms with E-state index in [0.29, 0.717) is 18.4 Å². The highest BCUT2D eigenvalue weighted by Crippen LogP contribution is 2.67. The molecule has 0 unspecified atom stereocenters. The number of hydrogen-bond acceptors (Lipinski definition) is 7. The molecule has 1 saturated carbocycles. The summed E-state index contributed by atoms with van der Waals surface area (Å²) in [6.45, 7) is 2.02. The minimum atomic E-state index is -1.72. The van der Waals surface area contributed by atoms with Crippen LogP contribution in [-0.2, 0) is 19.1 Å². The molecule has 0 bridgehead atoms. The topological polar surface area (TPSA) is 106 Å². The Morgan fingerprint density at radius 3 is 2.78 bits per heavy atom. The minimum absolute atomic E-state index is 0.171. The van der Waals surface area contributed by atoms with E-state index >= 15 is 0 Å². The van der Waals surface area contributed by atoms with Crippen LogP contribution in [-0.4, -0.2) is 40.5 Å². The number of carbonyl (C=O) groups is 2. The van der Waals surface area contributed by atoms with Gasteiger partial charge in [-0.25, -0.2) is 4.79 Å². The SMILES string of the molecule is C[C@]12C[C@H](c3ccoc3)OC(=O)[C@@]1(O)CC[C@@]13COC(=O)[C@@H]1C=C[C@@H](O)[C@@H]32. The van der Waals surface area contributed by atoms with Crippen molar-refractivity contribution in [1.29, 1.82) is 0 Å². The zero-order chi connectivity index (χ0) is 19.0. The zero-order valence-corrected chi connectivity index (χ0v) is 15.0. The Labute approximate surface area is 155 Å². The smallest absolute Gasteiger partial charge is 0.339 e. The van der Waals surface area contributed by atoms with E-state index in [4.69, 9.17) is 13.9 Å². The van der Waals surface area contributed by atoms with Crippen LogP contribution in [0.3, 0.4) is 0 Å². The van der Waals surface area contributed by atoms with Gasteiger partial charge in [0.05, 0.1) is 31.2 Å². The maximum absolute atomic E-state index is 12.9. The molecule has 3 fully saturated rings. The zero-order valence-electron chi connectivity index (χ0n) is 15.0. The van der Waals surface area contributed by atoms with Gasteiger partial charge in [0.15, 0.2) is 5.60 Å². The van der Waals surface area contributed by atoms with E-state index < -0.39 is 46.4 Å². The van der Waals surface area contributed by atoms with E-state index in [9.17, 15) is 19.8 Å². The van der Waals surface area contributed by atoms with E-state index in [1.54, 1.807) is 18.2 Å². The molecule has 2 aliphatic heterocycles. The molecule has 0 aromatic carbocycles. The summed E-state index contributed by atoms with van der Waals surface area (Å²) in [5.74, 6) is -1.95. The number of aliphatic hydroxyl groups is 2. The van der Waals surface area contributed by atoms with Crippen molar-refractivity contribution in [3.05, 3.63) is 36.3 Å². The monoisotopic (exact) mass is 374 g/mol. The van der Waals surface area contributed by atoms with Crippen LogP contribution in [0, 0.1) is 22.7 Å². The number of hydrogen-bond donors (Lipinski definition) is 2. The summed E-state index contributed by atoms with van der Waals surface area (Å²) in [6.07, 6.45) is 5.79. The lowest BCUT2D eigenvalue weighted by molar-refractivity contribution is -0.258. The first-order valence-electron chi connectivity index (χ1n) is 9.30. The van der Waals surface area contributed by atoms with Gasteiger partial charge in [0.1, 0.15) is 6.10 Å². The number of esters is 2. The van der Waals surface area contributed by atoms with E-state index in [0.717, 1.165) is 0 Å². The average Bonchev–Trinajstić information content (AvgIpc) is 3.26. The number of furan rings is 1. The molecule has 1 spiro atoms. The average molecular weight is 374 g/mol. The Bertz CT molecular complexity index is 829. The van der Waals surface area contributed by atoms with Gasteiger partial charge in [-0.2, -0.15) is 0 Å². The van der Waals surface area contributed by atoms with Crippen LogP contribution in [0.25, 0.3) is 0 Å². The molecule has 0 radical (unpaired) electrons. The summed E-state index contributed by atoms with van der Waals surface area (Å²) in [7, 11) is 0.